The number of fused-ring (bicyclic) bond motifs is 1. The molecule has 0 saturated heterocycles. The van der Waals surface area contributed by atoms with Gasteiger partial charge in [0.25, 0.3) is 0 Å². The average molecular weight is 273 g/mol. The van der Waals surface area contributed by atoms with E-state index in [-0.39, 0.29) is 12.6 Å². The van der Waals surface area contributed by atoms with Crippen LogP contribution in [0.1, 0.15) is 5.56 Å². The number of hydrogen-bond donors (Lipinski definition) is 1. The number of pyridine rings is 1. The lowest BCUT2D eigenvalue weighted by molar-refractivity contribution is -0.389. The van der Waals surface area contributed by atoms with E-state index in [1.54, 1.807) is 6.07 Å². The first kappa shape index (κ1) is 12.2. The number of anilines is 1. The van der Waals surface area contributed by atoms with Crippen LogP contribution in [0, 0.1) is 10.1 Å². The Bertz CT molecular complexity index is 643. The Morgan fingerprint density at radius 3 is 2.85 bits per heavy atom. The maximum absolute atomic E-state index is 10.5. The topological polar surface area (TPSA) is 86.5 Å². The molecule has 1 aromatic carbocycles. The molecule has 7 heteroatoms. The molecule has 2 heterocycles. The van der Waals surface area contributed by atoms with Crippen LogP contribution in [0.15, 0.2) is 36.5 Å². The highest BCUT2D eigenvalue weighted by atomic mass is 16.7. The van der Waals surface area contributed by atoms with Crippen molar-refractivity contribution in [2.45, 2.75) is 6.54 Å². The van der Waals surface area contributed by atoms with E-state index in [9.17, 15) is 10.1 Å². The molecule has 2 aromatic rings. The molecule has 0 radical (unpaired) electrons. The molecular weight excluding hydrogens is 262 g/mol. The second kappa shape index (κ2) is 5.04. The molecular formula is C13H11N3O4. The first-order valence-electron chi connectivity index (χ1n) is 5.95. The molecule has 1 aromatic heterocycles. The van der Waals surface area contributed by atoms with Crippen LogP contribution < -0.4 is 14.8 Å². The van der Waals surface area contributed by atoms with Gasteiger partial charge in [-0.15, -0.1) is 0 Å². The fourth-order valence-electron chi connectivity index (χ4n) is 1.85. The van der Waals surface area contributed by atoms with Gasteiger partial charge >= 0.3 is 5.82 Å². The smallest absolute Gasteiger partial charge is 0.363 e. The van der Waals surface area contributed by atoms with E-state index in [1.807, 2.05) is 18.2 Å². The Morgan fingerprint density at radius 1 is 1.25 bits per heavy atom. The third kappa shape index (κ3) is 2.46. The number of benzene rings is 1. The van der Waals surface area contributed by atoms with Crippen LogP contribution in [-0.2, 0) is 6.54 Å². The van der Waals surface area contributed by atoms with E-state index >= 15 is 0 Å². The fraction of sp³-hybridized carbons (Fsp3) is 0.154. The Kier molecular flexibility index (Phi) is 3.08. The maximum atomic E-state index is 10.5. The Morgan fingerprint density at radius 2 is 2.10 bits per heavy atom. The summed E-state index contributed by atoms with van der Waals surface area (Å²) in [6.45, 7) is 0.814. The number of ether oxygens (including phenoxy) is 2. The molecule has 0 spiro atoms. The minimum atomic E-state index is -0.526. The minimum absolute atomic E-state index is 0.168. The molecule has 20 heavy (non-hydrogen) atoms. The summed E-state index contributed by atoms with van der Waals surface area (Å²) in [6, 6.07) is 8.67. The van der Waals surface area contributed by atoms with Gasteiger partial charge in [0.2, 0.25) is 6.79 Å². The zero-order valence-corrected chi connectivity index (χ0v) is 10.4. The average Bonchev–Trinajstić information content (AvgIpc) is 2.93. The standard InChI is InChI=1S/C13H11N3O4/c17-16(18)13-4-2-10(7-15-13)14-6-9-1-3-11-12(5-9)20-8-19-11/h1-5,7,14H,6,8H2. The molecule has 0 atom stereocenters. The second-order valence-electron chi connectivity index (χ2n) is 4.20. The largest absolute Gasteiger partial charge is 0.454 e. The molecule has 102 valence electrons. The lowest BCUT2D eigenvalue weighted by atomic mass is 10.2. The van der Waals surface area contributed by atoms with Crippen molar-refractivity contribution in [3.05, 3.63) is 52.2 Å². The van der Waals surface area contributed by atoms with Gasteiger partial charge in [-0.2, -0.15) is 0 Å². The first-order valence-corrected chi connectivity index (χ1v) is 5.95. The Hall–Kier alpha value is -2.83. The lowest BCUT2D eigenvalue weighted by Gasteiger charge is -2.05. The SMILES string of the molecule is O=[N+]([O-])c1ccc(NCc2ccc3c(c2)OCO3)cn1. The van der Waals surface area contributed by atoms with E-state index in [2.05, 4.69) is 10.3 Å². The summed E-state index contributed by atoms with van der Waals surface area (Å²) in [4.78, 5) is 13.7. The van der Waals surface area contributed by atoms with E-state index in [0.717, 1.165) is 17.1 Å². The third-order valence-electron chi connectivity index (χ3n) is 2.87. The van der Waals surface area contributed by atoms with Crippen molar-refractivity contribution in [2.75, 3.05) is 12.1 Å². The summed E-state index contributed by atoms with van der Waals surface area (Å²) in [5.74, 6) is 1.30. The summed E-state index contributed by atoms with van der Waals surface area (Å²) >= 11 is 0. The molecule has 0 fully saturated rings. The number of hydrogen-bond acceptors (Lipinski definition) is 6. The van der Waals surface area contributed by atoms with Crippen LogP contribution in [-0.4, -0.2) is 16.7 Å². The van der Waals surface area contributed by atoms with Gasteiger partial charge < -0.3 is 24.9 Å². The van der Waals surface area contributed by atoms with Gasteiger partial charge in [0.1, 0.15) is 0 Å². The molecule has 0 aliphatic carbocycles. The highest BCUT2D eigenvalue weighted by Gasteiger charge is 2.13. The van der Waals surface area contributed by atoms with Gasteiger partial charge in [0.05, 0.1) is 5.69 Å². The van der Waals surface area contributed by atoms with Crippen molar-refractivity contribution >= 4 is 11.5 Å². The number of nitrogens with one attached hydrogen (secondary N) is 1. The number of nitro groups is 1. The van der Waals surface area contributed by atoms with E-state index in [1.165, 1.54) is 12.3 Å². The summed E-state index contributed by atoms with van der Waals surface area (Å²) in [7, 11) is 0. The quantitative estimate of drug-likeness (QED) is 0.679. The Balaban J connectivity index is 1.65. The summed E-state index contributed by atoms with van der Waals surface area (Å²) < 4.78 is 10.5. The van der Waals surface area contributed by atoms with Gasteiger partial charge in [-0.3, -0.25) is 0 Å². The van der Waals surface area contributed by atoms with Gasteiger partial charge in [-0.05, 0) is 33.7 Å². The van der Waals surface area contributed by atoms with Gasteiger partial charge in [-0.1, -0.05) is 6.07 Å². The van der Waals surface area contributed by atoms with Gasteiger partial charge in [0, 0.05) is 12.6 Å². The molecule has 0 bridgehead atoms. The highest BCUT2D eigenvalue weighted by Crippen LogP contribution is 2.32. The van der Waals surface area contributed by atoms with Crippen LogP contribution in [0.2, 0.25) is 0 Å². The zero-order valence-electron chi connectivity index (χ0n) is 10.4. The molecule has 1 aliphatic heterocycles. The van der Waals surface area contributed by atoms with E-state index in [4.69, 9.17) is 9.47 Å². The van der Waals surface area contributed by atoms with Crippen molar-refractivity contribution < 1.29 is 14.4 Å². The van der Waals surface area contributed by atoms with Crippen LogP contribution in [0.5, 0.6) is 11.5 Å². The summed E-state index contributed by atoms with van der Waals surface area (Å²) in [5.41, 5.74) is 1.74. The van der Waals surface area contributed by atoms with Crippen molar-refractivity contribution in [1.29, 1.82) is 0 Å². The molecule has 1 N–H and O–H groups in total. The molecule has 1 aliphatic rings. The van der Waals surface area contributed by atoms with Crippen molar-refractivity contribution in [3.63, 3.8) is 0 Å². The van der Waals surface area contributed by atoms with Crippen LogP contribution >= 0.6 is 0 Å². The third-order valence-corrected chi connectivity index (χ3v) is 2.87. The van der Waals surface area contributed by atoms with Crippen LogP contribution in [0.3, 0.4) is 0 Å². The normalized spacial score (nSPS) is 12.2. The Labute approximate surface area is 114 Å². The summed E-state index contributed by atoms with van der Waals surface area (Å²) in [6.07, 6.45) is 1.44. The second-order valence-corrected chi connectivity index (χ2v) is 4.20. The van der Waals surface area contributed by atoms with E-state index < -0.39 is 4.92 Å². The highest BCUT2D eigenvalue weighted by molar-refractivity contribution is 5.47. The van der Waals surface area contributed by atoms with Crippen molar-refractivity contribution in [1.82, 2.24) is 4.98 Å². The number of nitrogens with zero attached hydrogens (tertiary/aromatic N) is 2. The maximum Gasteiger partial charge on any atom is 0.363 e. The predicted molar refractivity (Wildman–Crippen MR) is 70.8 cm³/mol. The molecule has 3 rings (SSSR count). The number of rotatable bonds is 4. The zero-order chi connectivity index (χ0) is 13.9. The van der Waals surface area contributed by atoms with Gasteiger partial charge in [-0.25, -0.2) is 0 Å². The van der Waals surface area contributed by atoms with Crippen LogP contribution in [0.4, 0.5) is 11.5 Å². The lowest BCUT2D eigenvalue weighted by Crippen LogP contribution is -2.00. The molecule has 7 nitrogen and oxygen atoms in total. The van der Waals surface area contributed by atoms with Crippen LogP contribution in [0.25, 0.3) is 0 Å². The predicted octanol–water partition coefficient (Wildman–Crippen LogP) is 2.33. The minimum Gasteiger partial charge on any atom is -0.454 e. The molecule has 0 saturated carbocycles. The molecule has 0 unspecified atom stereocenters. The number of aromatic nitrogens is 1. The summed E-state index contributed by atoms with van der Waals surface area (Å²) in [5, 5.41) is 13.6. The van der Waals surface area contributed by atoms with E-state index in [0.29, 0.717) is 12.2 Å². The fourth-order valence-corrected chi connectivity index (χ4v) is 1.85. The van der Waals surface area contributed by atoms with Crippen molar-refractivity contribution in [2.24, 2.45) is 0 Å². The van der Waals surface area contributed by atoms with Crippen molar-refractivity contribution in [3.8, 4) is 11.5 Å². The first-order chi connectivity index (χ1) is 9.72. The monoisotopic (exact) mass is 273 g/mol. The molecule has 0 amide bonds. The van der Waals surface area contributed by atoms with Gasteiger partial charge in [0.15, 0.2) is 17.7 Å².